The predicted molar refractivity (Wildman–Crippen MR) is 229 cm³/mol. The Balaban J connectivity index is 1.22. The van der Waals surface area contributed by atoms with Gasteiger partial charge in [0.15, 0.2) is 0 Å². The van der Waals surface area contributed by atoms with E-state index in [2.05, 4.69) is 43.1 Å². The van der Waals surface area contributed by atoms with Crippen molar-refractivity contribution in [1.29, 1.82) is 0 Å². The van der Waals surface area contributed by atoms with Gasteiger partial charge in [-0.05, 0) is 85.8 Å². The number of benzene rings is 3. The molecule has 3 heterocycles. The molecule has 0 aliphatic heterocycles. The number of thiophene rings is 1. The van der Waals surface area contributed by atoms with Gasteiger partial charge in [0.2, 0.25) is 5.89 Å². The van der Waals surface area contributed by atoms with E-state index in [0.717, 1.165) is 52.6 Å². The van der Waals surface area contributed by atoms with Crippen LogP contribution in [0.25, 0.3) is 21.0 Å². The van der Waals surface area contributed by atoms with Gasteiger partial charge in [-0.2, -0.15) is 0 Å². The summed E-state index contributed by atoms with van der Waals surface area (Å²) in [6.45, 7) is 8.86. The van der Waals surface area contributed by atoms with Crippen LogP contribution in [0.5, 0.6) is 5.75 Å². The van der Waals surface area contributed by atoms with Gasteiger partial charge >= 0.3 is 11.7 Å². The van der Waals surface area contributed by atoms with Crippen LogP contribution >= 0.6 is 11.3 Å². The number of carbonyl (C=O) groups is 1. The monoisotopic (exact) mass is 821 g/mol. The van der Waals surface area contributed by atoms with Crippen LogP contribution in [-0.2, 0) is 21.6 Å². The number of carboxylic acids is 1. The standard InChI is InChI=1S/C45H51N3O8SSi/c1-29-37-40(49)48(45(4,5)42(50)51)43(52)47(41(37)57-38(29)39-46-25-26-55-39)28-36(34-19-13-14-20-35(34)54-6)56-31-23-21-30(22-24-31)27-44(2,3)58(53,32-15-9-7-10-16-32)33-17-11-8-12-18-33/h7-20,25-26,30-31,36,53H,21-24,27-28H2,1-6H3,(H,50,51)/t30?,31?,36-/m0/s1. The molecule has 1 aliphatic rings. The number of hydrogen-bond acceptors (Lipinski definition) is 9. The highest BCUT2D eigenvalue weighted by Crippen LogP contribution is 2.46. The van der Waals surface area contributed by atoms with E-state index in [0.29, 0.717) is 32.8 Å². The van der Waals surface area contributed by atoms with Gasteiger partial charge in [0.1, 0.15) is 28.5 Å². The number of rotatable bonds is 14. The Hall–Kier alpha value is -5.08. The minimum Gasteiger partial charge on any atom is -0.496 e. The first-order valence-corrected chi connectivity index (χ1v) is 22.5. The fourth-order valence-corrected chi connectivity index (χ4v) is 13.9. The molecule has 11 nitrogen and oxygen atoms in total. The average Bonchev–Trinajstić information content (AvgIpc) is 3.88. The summed E-state index contributed by atoms with van der Waals surface area (Å²) in [5.41, 5.74) is -2.04. The van der Waals surface area contributed by atoms with Gasteiger partial charge < -0.3 is 23.8 Å². The maximum Gasteiger partial charge on any atom is 0.333 e. The molecule has 1 fully saturated rings. The zero-order chi connectivity index (χ0) is 41.4. The van der Waals surface area contributed by atoms with Crippen LogP contribution in [0.4, 0.5) is 0 Å². The largest absolute Gasteiger partial charge is 0.496 e. The third-order valence-corrected chi connectivity index (χ3v) is 17.9. The fraction of sp³-hybridized carbons (Fsp3) is 0.378. The summed E-state index contributed by atoms with van der Waals surface area (Å²) in [4.78, 5) is 59.3. The van der Waals surface area contributed by atoms with E-state index < -0.39 is 37.2 Å². The van der Waals surface area contributed by atoms with E-state index in [1.165, 1.54) is 42.2 Å². The van der Waals surface area contributed by atoms with Crippen molar-refractivity contribution in [2.75, 3.05) is 7.11 Å². The van der Waals surface area contributed by atoms with E-state index in [1.54, 1.807) is 14.0 Å². The SMILES string of the molecule is COc1ccccc1[C@H](Cn1c(=O)n(C(C)(C)C(=O)O)c(=O)c2c(C)c(-c3ncco3)sc21)OC1CCC(CC(C)(C)[Si](O)(c2ccccc2)c2ccccc2)CC1. The summed E-state index contributed by atoms with van der Waals surface area (Å²) in [5, 5.41) is 12.1. The number of aryl methyl sites for hydroxylation is 1. The van der Waals surface area contributed by atoms with Crippen LogP contribution in [0, 0.1) is 12.8 Å². The number of nitrogens with zero attached hydrogens (tertiary/aromatic N) is 3. The Bertz CT molecular complexity index is 2460. The van der Waals surface area contributed by atoms with Crippen LogP contribution in [0.15, 0.2) is 111 Å². The summed E-state index contributed by atoms with van der Waals surface area (Å²) < 4.78 is 20.7. The first kappa shape index (κ1) is 41.1. The second-order valence-electron chi connectivity index (χ2n) is 16.5. The van der Waals surface area contributed by atoms with Crippen molar-refractivity contribution in [3.8, 4) is 16.5 Å². The van der Waals surface area contributed by atoms with Gasteiger partial charge in [0.25, 0.3) is 13.9 Å². The first-order valence-electron chi connectivity index (χ1n) is 19.7. The molecule has 0 radical (unpaired) electrons. The lowest BCUT2D eigenvalue weighted by atomic mass is 9.82. The number of methoxy groups -OCH3 is 1. The molecule has 1 atom stereocenters. The van der Waals surface area contributed by atoms with Crippen molar-refractivity contribution in [3.63, 3.8) is 0 Å². The van der Waals surface area contributed by atoms with Gasteiger partial charge in [-0.15, -0.1) is 11.3 Å². The number of hydrogen-bond donors (Lipinski definition) is 2. The molecular formula is C45H51N3O8SSi. The van der Waals surface area contributed by atoms with E-state index in [1.807, 2.05) is 60.7 Å². The highest BCUT2D eigenvalue weighted by atomic mass is 32.1. The number of fused-ring (bicyclic) bond motifs is 1. The molecule has 0 amide bonds. The second-order valence-corrected chi connectivity index (χ2v) is 21.4. The van der Waals surface area contributed by atoms with Crippen molar-refractivity contribution >= 4 is 46.2 Å². The normalized spacial score (nSPS) is 17.0. The zero-order valence-electron chi connectivity index (χ0n) is 33.8. The Labute approximate surface area is 342 Å². The molecule has 1 saturated carbocycles. The zero-order valence-corrected chi connectivity index (χ0v) is 35.6. The highest BCUT2D eigenvalue weighted by molar-refractivity contribution is 7.22. The predicted octanol–water partition coefficient (Wildman–Crippen LogP) is 7.26. The number of ether oxygens (including phenoxy) is 2. The molecule has 3 aromatic heterocycles. The van der Waals surface area contributed by atoms with E-state index in [-0.39, 0.29) is 23.1 Å². The van der Waals surface area contributed by atoms with Gasteiger partial charge in [0.05, 0.1) is 36.2 Å². The average molecular weight is 822 g/mol. The highest BCUT2D eigenvalue weighted by Gasteiger charge is 2.51. The molecule has 6 aromatic rings. The van der Waals surface area contributed by atoms with Crippen molar-refractivity contribution in [3.05, 3.63) is 129 Å². The maximum atomic E-state index is 14.6. The van der Waals surface area contributed by atoms with Crippen LogP contribution in [0.3, 0.4) is 0 Å². The number of aliphatic carboxylic acids is 1. The quantitative estimate of drug-likeness (QED) is 0.109. The van der Waals surface area contributed by atoms with Crippen molar-refractivity contribution in [2.24, 2.45) is 5.92 Å². The number of carboxylic acid groups (broad SMARTS) is 1. The van der Waals surface area contributed by atoms with Crippen LogP contribution < -0.4 is 26.4 Å². The lowest BCUT2D eigenvalue weighted by Crippen LogP contribution is -2.65. The van der Waals surface area contributed by atoms with Crippen molar-refractivity contribution < 1.29 is 28.6 Å². The Kier molecular flexibility index (Phi) is 11.5. The lowest BCUT2D eigenvalue weighted by Gasteiger charge is -2.44. The summed E-state index contributed by atoms with van der Waals surface area (Å²) >= 11 is 1.20. The fourth-order valence-electron chi connectivity index (χ4n) is 8.83. The molecule has 7 rings (SSSR count). The van der Waals surface area contributed by atoms with Gasteiger partial charge in [-0.1, -0.05) is 92.7 Å². The summed E-state index contributed by atoms with van der Waals surface area (Å²) in [6.07, 6.45) is 6.27. The van der Waals surface area contributed by atoms with Crippen LogP contribution in [0.1, 0.15) is 77.0 Å². The Morgan fingerprint density at radius 2 is 1.55 bits per heavy atom. The molecule has 1 aliphatic carbocycles. The molecule has 0 spiro atoms. The van der Waals surface area contributed by atoms with Crippen LogP contribution in [-0.4, -0.2) is 51.5 Å². The molecule has 2 N–H and O–H groups in total. The number of aromatic nitrogens is 3. The number of para-hydroxylation sites is 1. The van der Waals surface area contributed by atoms with Crippen molar-refractivity contribution in [1.82, 2.24) is 14.1 Å². The Morgan fingerprint density at radius 3 is 2.12 bits per heavy atom. The first-order chi connectivity index (χ1) is 27.7. The molecule has 58 heavy (non-hydrogen) atoms. The van der Waals surface area contributed by atoms with Gasteiger partial charge in [-0.3, -0.25) is 9.36 Å². The number of oxazole rings is 1. The second kappa shape index (κ2) is 16.3. The van der Waals surface area contributed by atoms with Crippen molar-refractivity contribution in [2.45, 2.75) is 96.1 Å². The van der Waals surface area contributed by atoms with Gasteiger partial charge in [0, 0.05) is 5.56 Å². The molecule has 304 valence electrons. The molecule has 0 saturated heterocycles. The van der Waals surface area contributed by atoms with E-state index in [9.17, 15) is 24.3 Å². The summed E-state index contributed by atoms with van der Waals surface area (Å²) in [5.74, 6) is -0.0742. The van der Waals surface area contributed by atoms with Crippen LogP contribution in [0.2, 0.25) is 5.04 Å². The smallest absolute Gasteiger partial charge is 0.333 e. The third kappa shape index (κ3) is 7.40. The third-order valence-electron chi connectivity index (χ3n) is 12.1. The lowest BCUT2D eigenvalue weighted by molar-refractivity contribution is -0.146. The molecule has 3 aromatic carbocycles. The Morgan fingerprint density at radius 1 is 0.948 bits per heavy atom. The molecular weight excluding hydrogens is 771 g/mol. The molecule has 0 unspecified atom stereocenters. The van der Waals surface area contributed by atoms with E-state index >= 15 is 0 Å². The van der Waals surface area contributed by atoms with Gasteiger partial charge in [-0.25, -0.2) is 19.1 Å². The molecule has 13 heteroatoms. The minimum atomic E-state index is -3.18. The molecule has 0 bridgehead atoms. The topological polar surface area (TPSA) is 146 Å². The maximum absolute atomic E-state index is 14.6. The van der Waals surface area contributed by atoms with E-state index in [4.69, 9.17) is 13.9 Å². The summed E-state index contributed by atoms with van der Waals surface area (Å²) in [7, 11) is -1.59. The minimum absolute atomic E-state index is 0.0175. The summed E-state index contributed by atoms with van der Waals surface area (Å²) in [6, 6.07) is 27.7.